The first-order chi connectivity index (χ1) is 8.78. The Morgan fingerprint density at radius 3 is 2.61 bits per heavy atom. The number of benzene rings is 2. The third-order valence-corrected chi connectivity index (χ3v) is 2.57. The summed E-state index contributed by atoms with van der Waals surface area (Å²) >= 11 is 0. The molecule has 1 amide bonds. The number of aryl methyl sites for hydroxylation is 1. The van der Waals surface area contributed by atoms with Crippen molar-refractivity contribution in [1.29, 1.82) is 0 Å². The second kappa shape index (κ2) is 5.87. The lowest BCUT2D eigenvalue weighted by Gasteiger charge is -2.07. The zero-order chi connectivity index (χ0) is 12.8. The van der Waals surface area contributed by atoms with Crippen LogP contribution in [-0.4, -0.2) is 6.41 Å². The molecule has 0 unspecified atom stereocenters. The molecule has 0 aliphatic rings. The number of anilines is 1. The van der Waals surface area contributed by atoms with E-state index in [0.29, 0.717) is 13.0 Å². The van der Waals surface area contributed by atoms with E-state index in [1.54, 1.807) is 12.1 Å². The van der Waals surface area contributed by atoms with Gasteiger partial charge in [-0.25, -0.2) is 0 Å². The predicted octanol–water partition coefficient (Wildman–Crippen LogP) is 3.14. The van der Waals surface area contributed by atoms with Gasteiger partial charge in [0.15, 0.2) is 0 Å². The third kappa shape index (κ3) is 3.35. The fourth-order valence-corrected chi connectivity index (χ4v) is 1.68. The van der Waals surface area contributed by atoms with Crippen molar-refractivity contribution < 1.29 is 9.53 Å². The molecular weight excluding hydrogens is 226 g/mol. The first-order valence-electron chi connectivity index (χ1n) is 5.76. The maximum atomic E-state index is 10.3. The molecule has 3 heteroatoms. The number of ether oxygens (including phenoxy) is 1. The van der Waals surface area contributed by atoms with Crippen molar-refractivity contribution in [2.45, 2.75) is 13.5 Å². The van der Waals surface area contributed by atoms with Crippen LogP contribution in [0.2, 0.25) is 0 Å². The molecular formula is C15H15NO2. The van der Waals surface area contributed by atoms with Gasteiger partial charge < -0.3 is 10.1 Å². The van der Waals surface area contributed by atoms with Crippen molar-refractivity contribution in [3.63, 3.8) is 0 Å². The highest BCUT2D eigenvalue weighted by atomic mass is 16.5. The molecule has 0 heterocycles. The van der Waals surface area contributed by atoms with Crippen molar-refractivity contribution in [3.8, 4) is 5.75 Å². The fourth-order valence-electron chi connectivity index (χ4n) is 1.68. The number of carbonyl (C=O) groups excluding carboxylic acids is 1. The van der Waals surface area contributed by atoms with Gasteiger partial charge in [-0.3, -0.25) is 4.79 Å². The second-order valence-corrected chi connectivity index (χ2v) is 4.06. The Morgan fingerprint density at radius 2 is 1.94 bits per heavy atom. The van der Waals surface area contributed by atoms with Crippen LogP contribution in [-0.2, 0) is 11.4 Å². The van der Waals surface area contributed by atoms with Crippen LogP contribution >= 0.6 is 0 Å². The number of nitrogens with one attached hydrogen (secondary N) is 1. The smallest absolute Gasteiger partial charge is 0.211 e. The molecule has 2 aromatic rings. The maximum Gasteiger partial charge on any atom is 0.211 e. The van der Waals surface area contributed by atoms with E-state index < -0.39 is 0 Å². The predicted molar refractivity (Wildman–Crippen MR) is 71.6 cm³/mol. The van der Waals surface area contributed by atoms with Crippen molar-refractivity contribution in [2.75, 3.05) is 5.32 Å². The van der Waals surface area contributed by atoms with Crippen LogP contribution in [0.4, 0.5) is 5.69 Å². The van der Waals surface area contributed by atoms with Gasteiger partial charge in [0.1, 0.15) is 12.4 Å². The lowest BCUT2D eigenvalue weighted by atomic mass is 10.1. The van der Waals surface area contributed by atoms with E-state index in [9.17, 15) is 4.79 Å². The first-order valence-corrected chi connectivity index (χ1v) is 5.76. The van der Waals surface area contributed by atoms with Gasteiger partial charge in [0, 0.05) is 5.69 Å². The minimum atomic E-state index is 0.544. The molecule has 0 aliphatic carbocycles. The summed E-state index contributed by atoms with van der Waals surface area (Å²) in [4.78, 5) is 10.3. The Kier molecular flexibility index (Phi) is 3.97. The summed E-state index contributed by atoms with van der Waals surface area (Å²) in [6, 6.07) is 15.5. The number of rotatable bonds is 5. The topological polar surface area (TPSA) is 38.3 Å². The highest BCUT2D eigenvalue weighted by Crippen LogP contribution is 2.16. The Morgan fingerprint density at radius 1 is 1.17 bits per heavy atom. The quantitative estimate of drug-likeness (QED) is 0.817. The highest BCUT2D eigenvalue weighted by molar-refractivity contribution is 5.71. The standard InChI is InChI=1S/C15H15NO2/c1-12-3-2-4-13(9-12)10-18-15-7-5-14(6-8-15)16-11-17/h2-9,11H,10H2,1H3,(H,16,17). The largest absolute Gasteiger partial charge is 0.489 e. The van der Waals surface area contributed by atoms with Crippen LogP contribution in [0.1, 0.15) is 11.1 Å². The maximum absolute atomic E-state index is 10.3. The first kappa shape index (κ1) is 12.2. The van der Waals surface area contributed by atoms with Gasteiger partial charge in [0.2, 0.25) is 6.41 Å². The Hall–Kier alpha value is -2.29. The molecule has 18 heavy (non-hydrogen) atoms. The summed E-state index contributed by atoms with van der Waals surface area (Å²) in [5, 5.41) is 2.58. The number of carbonyl (C=O) groups is 1. The van der Waals surface area contributed by atoms with Crippen LogP contribution < -0.4 is 10.1 Å². The molecule has 0 bridgehead atoms. The molecule has 0 spiro atoms. The van der Waals surface area contributed by atoms with Gasteiger partial charge >= 0.3 is 0 Å². The van der Waals surface area contributed by atoms with Crippen LogP contribution in [0.5, 0.6) is 5.75 Å². The molecule has 2 rings (SSSR count). The molecule has 0 aromatic heterocycles. The van der Waals surface area contributed by atoms with E-state index in [2.05, 4.69) is 24.4 Å². The lowest BCUT2D eigenvalue weighted by molar-refractivity contribution is -0.105. The van der Waals surface area contributed by atoms with Crippen LogP contribution in [0.25, 0.3) is 0 Å². The van der Waals surface area contributed by atoms with Crippen molar-refractivity contribution >= 4 is 12.1 Å². The highest BCUT2D eigenvalue weighted by Gasteiger charge is 1.97. The van der Waals surface area contributed by atoms with Crippen LogP contribution in [0.3, 0.4) is 0 Å². The van der Waals surface area contributed by atoms with Crippen molar-refractivity contribution in [3.05, 3.63) is 59.7 Å². The van der Waals surface area contributed by atoms with Gasteiger partial charge in [-0.05, 0) is 36.8 Å². The molecule has 3 nitrogen and oxygen atoms in total. The van der Waals surface area contributed by atoms with Gasteiger partial charge in [0.25, 0.3) is 0 Å². The SMILES string of the molecule is Cc1cccc(COc2ccc(NC=O)cc2)c1. The van der Waals surface area contributed by atoms with Gasteiger partial charge in [-0.1, -0.05) is 29.8 Å². The summed E-state index contributed by atoms with van der Waals surface area (Å²) in [7, 11) is 0. The normalized spacial score (nSPS) is 9.83. The van der Waals surface area contributed by atoms with Crippen molar-refractivity contribution in [1.82, 2.24) is 0 Å². The van der Waals surface area contributed by atoms with E-state index in [0.717, 1.165) is 17.0 Å². The molecule has 92 valence electrons. The average Bonchev–Trinajstić information content (AvgIpc) is 2.38. The Labute approximate surface area is 106 Å². The third-order valence-electron chi connectivity index (χ3n) is 2.57. The molecule has 0 saturated carbocycles. The summed E-state index contributed by atoms with van der Waals surface area (Å²) in [5.41, 5.74) is 3.12. The fraction of sp³-hybridized carbons (Fsp3) is 0.133. The Bertz CT molecular complexity index is 520. The summed E-state index contributed by atoms with van der Waals surface area (Å²) < 4.78 is 5.66. The number of amides is 1. The minimum Gasteiger partial charge on any atom is -0.489 e. The van der Waals surface area contributed by atoms with E-state index in [-0.39, 0.29) is 0 Å². The molecule has 0 aliphatic heterocycles. The van der Waals surface area contributed by atoms with Gasteiger partial charge in [0.05, 0.1) is 0 Å². The Balaban J connectivity index is 1.95. The number of hydrogen-bond donors (Lipinski definition) is 1. The zero-order valence-electron chi connectivity index (χ0n) is 10.2. The van der Waals surface area contributed by atoms with E-state index in [1.807, 2.05) is 24.3 Å². The average molecular weight is 241 g/mol. The van der Waals surface area contributed by atoms with E-state index in [4.69, 9.17) is 4.74 Å². The molecule has 2 aromatic carbocycles. The molecule has 0 fully saturated rings. The number of hydrogen-bond acceptors (Lipinski definition) is 2. The van der Waals surface area contributed by atoms with Gasteiger partial charge in [-0.15, -0.1) is 0 Å². The van der Waals surface area contributed by atoms with E-state index in [1.165, 1.54) is 5.56 Å². The second-order valence-electron chi connectivity index (χ2n) is 4.06. The van der Waals surface area contributed by atoms with Gasteiger partial charge in [-0.2, -0.15) is 0 Å². The summed E-state index contributed by atoms with van der Waals surface area (Å²) in [6.07, 6.45) is 0.655. The minimum absolute atomic E-state index is 0.544. The zero-order valence-corrected chi connectivity index (χ0v) is 10.2. The summed E-state index contributed by atoms with van der Waals surface area (Å²) in [5.74, 6) is 0.785. The molecule has 1 N–H and O–H groups in total. The molecule has 0 atom stereocenters. The van der Waals surface area contributed by atoms with Crippen molar-refractivity contribution in [2.24, 2.45) is 0 Å². The molecule has 0 saturated heterocycles. The monoisotopic (exact) mass is 241 g/mol. The molecule has 0 radical (unpaired) electrons. The summed E-state index contributed by atoms with van der Waals surface area (Å²) in [6.45, 7) is 2.60. The lowest BCUT2D eigenvalue weighted by Crippen LogP contribution is -1.97. The van der Waals surface area contributed by atoms with Crippen LogP contribution in [0.15, 0.2) is 48.5 Å². The van der Waals surface area contributed by atoms with E-state index >= 15 is 0 Å². The van der Waals surface area contributed by atoms with Crippen LogP contribution in [0, 0.1) is 6.92 Å².